The van der Waals surface area contributed by atoms with E-state index in [1.165, 1.54) is 4.90 Å². The maximum absolute atomic E-state index is 11.9. The lowest BCUT2D eigenvalue weighted by Gasteiger charge is -2.37. The van der Waals surface area contributed by atoms with Crippen LogP contribution in [-0.2, 0) is 14.3 Å². The molecule has 0 unspecified atom stereocenters. The molecule has 98 valence electrons. The van der Waals surface area contributed by atoms with Crippen LogP contribution in [0.25, 0.3) is 0 Å². The van der Waals surface area contributed by atoms with Crippen molar-refractivity contribution in [3.8, 4) is 0 Å². The zero-order chi connectivity index (χ0) is 13.2. The first kappa shape index (κ1) is 13.8. The summed E-state index contributed by atoms with van der Waals surface area (Å²) in [5.74, 6) is -1.08. The Balaban J connectivity index is 2.75. The first-order valence-electron chi connectivity index (χ1n) is 5.55. The molecule has 0 aromatic heterocycles. The highest BCUT2D eigenvalue weighted by Gasteiger charge is 2.37. The number of morpholine rings is 1. The van der Waals surface area contributed by atoms with E-state index >= 15 is 0 Å². The zero-order valence-electron chi connectivity index (χ0n) is 10.6. The van der Waals surface area contributed by atoms with Crippen molar-refractivity contribution in [1.29, 1.82) is 0 Å². The van der Waals surface area contributed by atoms with Crippen LogP contribution in [0.1, 0.15) is 27.7 Å². The van der Waals surface area contributed by atoms with E-state index in [0.717, 1.165) is 0 Å². The molecule has 6 heteroatoms. The number of carbonyl (C=O) groups is 2. The summed E-state index contributed by atoms with van der Waals surface area (Å²) < 4.78 is 10.4. The molecular weight excluding hydrogens is 226 g/mol. The number of carboxylic acid groups (broad SMARTS) is 1. The number of ether oxygens (including phenoxy) is 2. The fraction of sp³-hybridized carbons (Fsp3) is 0.818. The zero-order valence-corrected chi connectivity index (χ0v) is 10.6. The molecule has 0 aliphatic carbocycles. The molecule has 1 saturated heterocycles. The molecule has 1 heterocycles. The topological polar surface area (TPSA) is 76.1 Å². The second kappa shape index (κ2) is 4.91. The van der Waals surface area contributed by atoms with Crippen LogP contribution in [0.15, 0.2) is 0 Å². The van der Waals surface area contributed by atoms with Gasteiger partial charge in [0.05, 0.1) is 19.3 Å². The molecular formula is C11H19NO5. The standard InChI is InChI=1S/C11H19NO5/c1-7-5-12(8(6-16-7)9(13)14)10(15)17-11(2,3)4/h7-8H,5-6H2,1-4H3,(H,13,14)/t7-,8-/m0/s1. The lowest BCUT2D eigenvalue weighted by atomic mass is 10.2. The van der Waals surface area contributed by atoms with Gasteiger partial charge in [-0.1, -0.05) is 0 Å². The summed E-state index contributed by atoms with van der Waals surface area (Å²) >= 11 is 0. The van der Waals surface area contributed by atoms with Crippen LogP contribution in [-0.4, -0.2) is 53.0 Å². The Bertz CT molecular complexity index is 309. The van der Waals surface area contributed by atoms with Gasteiger partial charge in [-0.15, -0.1) is 0 Å². The molecule has 1 rings (SSSR count). The molecule has 0 bridgehead atoms. The second-order valence-electron chi connectivity index (χ2n) is 5.13. The van der Waals surface area contributed by atoms with E-state index in [-0.39, 0.29) is 19.3 Å². The highest BCUT2D eigenvalue weighted by molar-refractivity contribution is 5.80. The van der Waals surface area contributed by atoms with Crippen molar-refractivity contribution in [3.63, 3.8) is 0 Å². The number of amides is 1. The normalized spacial score (nSPS) is 25.5. The van der Waals surface area contributed by atoms with E-state index in [1.807, 2.05) is 0 Å². The van der Waals surface area contributed by atoms with Gasteiger partial charge in [-0.25, -0.2) is 9.59 Å². The fourth-order valence-corrected chi connectivity index (χ4v) is 1.53. The van der Waals surface area contributed by atoms with Gasteiger partial charge < -0.3 is 14.6 Å². The van der Waals surface area contributed by atoms with E-state index in [2.05, 4.69) is 0 Å². The Labute approximate surface area is 100 Å². The van der Waals surface area contributed by atoms with Crippen molar-refractivity contribution in [3.05, 3.63) is 0 Å². The lowest BCUT2D eigenvalue weighted by molar-refractivity contribution is -0.152. The van der Waals surface area contributed by atoms with E-state index in [9.17, 15) is 9.59 Å². The summed E-state index contributed by atoms with van der Waals surface area (Å²) in [6.45, 7) is 7.23. The number of carboxylic acids is 1. The van der Waals surface area contributed by atoms with Crippen LogP contribution >= 0.6 is 0 Å². The van der Waals surface area contributed by atoms with Crippen LogP contribution in [0.2, 0.25) is 0 Å². The average Bonchev–Trinajstić information content (AvgIpc) is 2.14. The number of carbonyl (C=O) groups excluding carboxylic acids is 1. The third-order valence-corrected chi connectivity index (χ3v) is 2.28. The van der Waals surface area contributed by atoms with Crippen LogP contribution < -0.4 is 0 Å². The number of rotatable bonds is 1. The maximum Gasteiger partial charge on any atom is 0.411 e. The Kier molecular flexibility index (Phi) is 3.98. The molecule has 1 aliphatic rings. The van der Waals surface area contributed by atoms with Gasteiger partial charge in [0.25, 0.3) is 0 Å². The minimum atomic E-state index is -1.08. The number of hydrogen-bond donors (Lipinski definition) is 1. The van der Waals surface area contributed by atoms with Crippen LogP contribution in [0.5, 0.6) is 0 Å². The van der Waals surface area contributed by atoms with Gasteiger partial charge in [0.1, 0.15) is 5.60 Å². The second-order valence-corrected chi connectivity index (χ2v) is 5.13. The predicted octanol–water partition coefficient (Wildman–Crippen LogP) is 1.10. The maximum atomic E-state index is 11.9. The monoisotopic (exact) mass is 245 g/mol. The van der Waals surface area contributed by atoms with Crippen LogP contribution in [0.3, 0.4) is 0 Å². The Morgan fingerprint density at radius 1 is 1.41 bits per heavy atom. The predicted molar refractivity (Wildman–Crippen MR) is 59.8 cm³/mol. The van der Waals surface area contributed by atoms with Crippen molar-refractivity contribution < 1.29 is 24.2 Å². The van der Waals surface area contributed by atoms with Gasteiger partial charge in [0.15, 0.2) is 6.04 Å². The van der Waals surface area contributed by atoms with Crippen molar-refractivity contribution in [1.82, 2.24) is 4.90 Å². The minimum absolute atomic E-state index is 0.00422. The molecule has 1 fully saturated rings. The quantitative estimate of drug-likeness (QED) is 0.748. The Morgan fingerprint density at radius 3 is 2.47 bits per heavy atom. The summed E-state index contributed by atoms with van der Waals surface area (Å²) in [6, 6.07) is -0.971. The molecule has 17 heavy (non-hydrogen) atoms. The third-order valence-electron chi connectivity index (χ3n) is 2.28. The number of aliphatic carboxylic acids is 1. The molecule has 1 amide bonds. The summed E-state index contributed by atoms with van der Waals surface area (Å²) in [6.07, 6.45) is -0.793. The summed E-state index contributed by atoms with van der Waals surface area (Å²) in [4.78, 5) is 24.1. The summed E-state index contributed by atoms with van der Waals surface area (Å²) in [5.41, 5.74) is -0.637. The van der Waals surface area contributed by atoms with Crippen molar-refractivity contribution in [2.75, 3.05) is 13.2 Å². The van der Waals surface area contributed by atoms with E-state index in [4.69, 9.17) is 14.6 Å². The van der Waals surface area contributed by atoms with Gasteiger partial charge in [-0.05, 0) is 27.7 Å². The summed E-state index contributed by atoms with van der Waals surface area (Å²) in [7, 11) is 0. The van der Waals surface area contributed by atoms with Gasteiger partial charge in [0, 0.05) is 0 Å². The summed E-state index contributed by atoms with van der Waals surface area (Å²) in [5, 5.41) is 9.01. The van der Waals surface area contributed by atoms with Crippen LogP contribution in [0.4, 0.5) is 4.79 Å². The molecule has 0 saturated carbocycles. The Morgan fingerprint density at radius 2 is 2.00 bits per heavy atom. The molecule has 6 nitrogen and oxygen atoms in total. The Hall–Kier alpha value is -1.30. The first-order valence-corrected chi connectivity index (χ1v) is 5.55. The van der Waals surface area contributed by atoms with Gasteiger partial charge in [0.2, 0.25) is 0 Å². The van der Waals surface area contributed by atoms with Crippen molar-refractivity contribution in [2.45, 2.75) is 45.4 Å². The fourth-order valence-electron chi connectivity index (χ4n) is 1.53. The first-order chi connectivity index (χ1) is 7.70. The minimum Gasteiger partial charge on any atom is -0.480 e. The van der Waals surface area contributed by atoms with Gasteiger partial charge in [-0.3, -0.25) is 4.90 Å². The van der Waals surface area contributed by atoms with Gasteiger partial charge >= 0.3 is 12.1 Å². The number of nitrogens with zero attached hydrogens (tertiary/aromatic N) is 1. The van der Waals surface area contributed by atoms with Crippen molar-refractivity contribution in [2.24, 2.45) is 0 Å². The molecule has 1 N–H and O–H groups in total. The molecule has 2 atom stereocenters. The lowest BCUT2D eigenvalue weighted by Crippen LogP contribution is -2.56. The average molecular weight is 245 g/mol. The molecule has 0 aromatic rings. The largest absolute Gasteiger partial charge is 0.480 e. The smallest absolute Gasteiger partial charge is 0.411 e. The van der Waals surface area contributed by atoms with Gasteiger partial charge in [-0.2, -0.15) is 0 Å². The molecule has 0 spiro atoms. The van der Waals surface area contributed by atoms with E-state index in [1.54, 1.807) is 27.7 Å². The number of hydrogen-bond acceptors (Lipinski definition) is 4. The molecule has 1 aliphatic heterocycles. The van der Waals surface area contributed by atoms with Crippen LogP contribution in [0, 0.1) is 0 Å². The highest BCUT2D eigenvalue weighted by Crippen LogP contribution is 2.17. The highest BCUT2D eigenvalue weighted by atomic mass is 16.6. The molecule has 0 aromatic carbocycles. The van der Waals surface area contributed by atoms with Crippen molar-refractivity contribution >= 4 is 12.1 Å². The SMILES string of the molecule is C[C@H]1CN(C(=O)OC(C)(C)C)[C@H](C(=O)O)CO1. The van der Waals surface area contributed by atoms with E-state index < -0.39 is 23.7 Å². The van der Waals surface area contributed by atoms with E-state index in [0.29, 0.717) is 0 Å². The molecule has 0 radical (unpaired) electrons. The third kappa shape index (κ3) is 3.89.